The van der Waals surface area contributed by atoms with Gasteiger partial charge in [0.15, 0.2) is 0 Å². The molecule has 0 radical (unpaired) electrons. The van der Waals surface area contributed by atoms with Crippen molar-refractivity contribution in [2.24, 2.45) is 0 Å². The highest BCUT2D eigenvalue weighted by atomic mass is 32.2. The molecule has 1 aliphatic rings. The molecule has 1 aliphatic heterocycles. The molecular formula is C19H16N4S. The van der Waals surface area contributed by atoms with Gasteiger partial charge in [-0.1, -0.05) is 18.2 Å². The molecule has 0 atom stereocenters. The van der Waals surface area contributed by atoms with Crippen molar-refractivity contribution in [1.82, 2.24) is 9.78 Å². The first-order valence-electron chi connectivity index (χ1n) is 7.81. The first kappa shape index (κ1) is 14.9. The van der Waals surface area contributed by atoms with Crippen LogP contribution in [0.5, 0.6) is 0 Å². The van der Waals surface area contributed by atoms with Gasteiger partial charge in [0.05, 0.1) is 23.0 Å². The molecule has 24 heavy (non-hydrogen) atoms. The lowest BCUT2D eigenvalue weighted by molar-refractivity contribution is 0.881. The van der Waals surface area contributed by atoms with E-state index in [2.05, 4.69) is 41.9 Å². The summed E-state index contributed by atoms with van der Waals surface area (Å²) in [5.41, 5.74) is 5.11. The van der Waals surface area contributed by atoms with Crippen molar-refractivity contribution in [2.45, 2.75) is 11.3 Å². The van der Waals surface area contributed by atoms with Crippen molar-refractivity contribution in [3.63, 3.8) is 0 Å². The van der Waals surface area contributed by atoms with Gasteiger partial charge in [-0.2, -0.15) is 10.4 Å². The number of anilines is 1. The molecule has 4 nitrogen and oxygen atoms in total. The summed E-state index contributed by atoms with van der Waals surface area (Å²) in [4.78, 5) is 1.23. The summed E-state index contributed by atoms with van der Waals surface area (Å²) in [5.74, 6) is 1.06. The van der Waals surface area contributed by atoms with Gasteiger partial charge in [-0.25, -0.2) is 4.68 Å². The highest BCUT2D eigenvalue weighted by Crippen LogP contribution is 2.38. The maximum atomic E-state index is 8.98. The van der Waals surface area contributed by atoms with Gasteiger partial charge in [0, 0.05) is 22.6 Å². The largest absolute Gasteiger partial charge is 0.369 e. The number of nitrogens with zero attached hydrogens (tertiary/aromatic N) is 3. The van der Waals surface area contributed by atoms with Crippen LogP contribution in [0.3, 0.4) is 0 Å². The van der Waals surface area contributed by atoms with E-state index in [4.69, 9.17) is 10.4 Å². The van der Waals surface area contributed by atoms with E-state index in [1.807, 2.05) is 28.9 Å². The topological polar surface area (TPSA) is 53.6 Å². The summed E-state index contributed by atoms with van der Waals surface area (Å²) in [7, 11) is 0. The second-order valence-electron chi connectivity index (χ2n) is 5.62. The quantitative estimate of drug-likeness (QED) is 0.734. The fourth-order valence-electron chi connectivity index (χ4n) is 3.10. The van der Waals surface area contributed by atoms with Crippen molar-refractivity contribution in [2.75, 3.05) is 18.1 Å². The first-order chi connectivity index (χ1) is 11.8. The van der Waals surface area contributed by atoms with Crippen LogP contribution < -0.4 is 5.32 Å². The summed E-state index contributed by atoms with van der Waals surface area (Å²) in [6.45, 7) is 0.928. The zero-order valence-electron chi connectivity index (χ0n) is 13.3. The number of benzene rings is 2. The van der Waals surface area contributed by atoms with Crippen LogP contribution >= 0.6 is 11.8 Å². The molecule has 0 bridgehead atoms. The Balaban J connectivity index is 1.87. The predicted molar refractivity (Wildman–Crippen MR) is 97.7 cm³/mol. The average molecular weight is 332 g/mol. The normalized spacial score (nSPS) is 12.5. The third-order valence-electron chi connectivity index (χ3n) is 4.25. The average Bonchev–Trinajstić information content (AvgIpc) is 3.24. The van der Waals surface area contributed by atoms with Crippen LogP contribution in [-0.2, 0) is 6.42 Å². The van der Waals surface area contributed by atoms with Gasteiger partial charge in [0.25, 0.3) is 0 Å². The number of rotatable bonds is 3. The van der Waals surface area contributed by atoms with Crippen molar-refractivity contribution < 1.29 is 0 Å². The summed E-state index contributed by atoms with van der Waals surface area (Å²) in [5, 5.41) is 17.3. The Morgan fingerprint density at radius 3 is 2.71 bits per heavy atom. The SMILES string of the molecule is CSc1ccccc1-c1nn(-c2ccc(C#N)cc2)c2c1CCN2. The molecule has 2 heterocycles. The van der Waals surface area contributed by atoms with E-state index < -0.39 is 0 Å². The molecule has 0 amide bonds. The van der Waals surface area contributed by atoms with E-state index in [1.165, 1.54) is 16.0 Å². The van der Waals surface area contributed by atoms with Gasteiger partial charge in [0.2, 0.25) is 0 Å². The minimum Gasteiger partial charge on any atom is -0.369 e. The van der Waals surface area contributed by atoms with Gasteiger partial charge in [0.1, 0.15) is 5.82 Å². The molecule has 0 saturated carbocycles. The second kappa shape index (κ2) is 6.06. The number of fused-ring (bicyclic) bond motifs is 1. The Hall–Kier alpha value is -2.71. The lowest BCUT2D eigenvalue weighted by Gasteiger charge is -2.07. The fraction of sp³-hybridized carbons (Fsp3) is 0.158. The first-order valence-corrected chi connectivity index (χ1v) is 9.04. The van der Waals surface area contributed by atoms with Crippen LogP contribution in [0.4, 0.5) is 5.82 Å². The second-order valence-corrected chi connectivity index (χ2v) is 6.47. The van der Waals surface area contributed by atoms with Crippen LogP contribution in [-0.4, -0.2) is 22.6 Å². The van der Waals surface area contributed by atoms with Gasteiger partial charge >= 0.3 is 0 Å². The number of thioether (sulfide) groups is 1. The zero-order valence-corrected chi connectivity index (χ0v) is 14.1. The number of hydrogen-bond donors (Lipinski definition) is 1. The highest BCUT2D eigenvalue weighted by Gasteiger charge is 2.24. The highest BCUT2D eigenvalue weighted by molar-refractivity contribution is 7.98. The van der Waals surface area contributed by atoms with E-state index >= 15 is 0 Å². The molecule has 3 aromatic rings. The Labute approximate surface area is 145 Å². The van der Waals surface area contributed by atoms with Crippen LogP contribution in [0.1, 0.15) is 11.1 Å². The Morgan fingerprint density at radius 2 is 1.96 bits per heavy atom. The van der Waals surface area contributed by atoms with Gasteiger partial charge in [-0.15, -0.1) is 11.8 Å². The molecule has 0 fully saturated rings. The maximum absolute atomic E-state index is 8.98. The molecular weight excluding hydrogens is 316 g/mol. The minimum atomic E-state index is 0.656. The molecule has 118 valence electrons. The smallest absolute Gasteiger partial charge is 0.133 e. The number of aromatic nitrogens is 2. The van der Waals surface area contributed by atoms with E-state index in [1.54, 1.807) is 11.8 Å². The van der Waals surface area contributed by atoms with Gasteiger partial charge in [-0.05, 0) is 43.0 Å². The monoisotopic (exact) mass is 332 g/mol. The summed E-state index contributed by atoms with van der Waals surface area (Å²) >= 11 is 1.74. The lowest BCUT2D eigenvalue weighted by Crippen LogP contribution is -2.04. The number of hydrogen-bond acceptors (Lipinski definition) is 4. The summed E-state index contributed by atoms with van der Waals surface area (Å²) < 4.78 is 1.95. The molecule has 0 spiro atoms. The Morgan fingerprint density at radius 1 is 1.17 bits per heavy atom. The van der Waals surface area contributed by atoms with Crippen molar-refractivity contribution in [3.05, 3.63) is 59.7 Å². The van der Waals surface area contributed by atoms with E-state index in [0.29, 0.717) is 5.56 Å². The molecule has 0 unspecified atom stereocenters. The zero-order chi connectivity index (χ0) is 16.5. The summed E-state index contributed by atoms with van der Waals surface area (Å²) in [6, 6.07) is 18.1. The molecule has 2 aromatic carbocycles. The van der Waals surface area contributed by atoms with Gasteiger partial charge in [-0.3, -0.25) is 0 Å². The third-order valence-corrected chi connectivity index (χ3v) is 5.05. The summed E-state index contributed by atoms with van der Waals surface area (Å²) in [6.07, 6.45) is 3.07. The Bertz CT molecular complexity index is 935. The number of nitrogens with one attached hydrogen (secondary N) is 1. The van der Waals surface area contributed by atoms with Crippen molar-refractivity contribution in [1.29, 1.82) is 5.26 Å². The molecule has 5 heteroatoms. The van der Waals surface area contributed by atoms with E-state index in [-0.39, 0.29) is 0 Å². The van der Waals surface area contributed by atoms with Crippen molar-refractivity contribution >= 4 is 17.6 Å². The molecule has 1 aromatic heterocycles. The van der Waals surface area contributed by atoms with Crippen molar-refractivity contribution in [3.8, 4) is 23.0 Å². The molecule has 1 N–H and O–H groups in total. The maximum Gasteiger partial charge on any atom is 0.133 e. The Kier molecular flexibility index (Phi) is 3.75. The number of nitriles is 1. The molecule has 0 aliphatic carbocycles. The van der Waals surface area contributed by atoms with Crippen LogP contribution in [0.25, 0.3) is 16.9 Å². The van der Waals surface area contributed by atoms with Crippen LogP contribution in [0, 0.1) is 11.3 Å². The van der Waals surface area contributed by atoms with Gasteiger partial charge < -0.3 is 5.32 Å². The molecule has 4 rings (SSSR count). The van der Waals surface area contributed by atoms with Crippen LogP contribution in [0.2, 0.25) is 0 Å². The molecule has 0 saturated heterocycles. The fourth-order valence-corrected chi connectivity index (χ4v) is 3.69. The standard InChI is InChI=1S/C19H16N4S/c1-24-17-5-3-2-4-15(17)18-16-10-11-21-19(16)23(22-18)14-8-6-13(12-20)7-9-14/h2-9,21H,10-11H2,1H3. The van der Waals surface area contributed by atoms with E-state index in [9.17, 15) is 0 Å². The van der Waals surface area contributed by atoms with Crippen LogP contribution in [0.15, 0.2) is 53.4 Å². The predicted octanol–water partition coefficient (Wildman–Crippen LogP) is 4.10. The lowest BCUT2D eigenvalue weighted by atomic mass is 10.1. The third kappa shape index (κ3) is 2.36. The minimum absolute atomic E-state index is 0.656. The van der Waals surface area contributed by atoms with E-state index in [0.717, 1.165) is 30.2 Å².